The summed E-state index contributed by atoms with van der Waals surface area (Å²) < 4.78 is 1.06. The number of anilines is 1. The van der Waals surface area contributed by atoms with Crippen molar-refractivity contribution < 1.29 is 0 Å². The van der Waals surface area contributed by atoms with E-state index in [1.807, 2.05) is 42.5 Å². The van der Waals surface area contributed by atoms with Crippen LogP contribution in [0.25, 0.3) is 22.2 Å². The predicted octanol–water partition coefficient (Wildman–Crippen LogP) is 3.57. The third-order valence-corrected chi connectivity index (χ3v) is 3.23. The molecule has 0 unspecified atom stereocenters. The SMILES string of the molecule is Nc1ccc2[nH]nc(-c3ccc(Br)cc3)c2c1. The van der Waals surface area contributed by atoms with Crippen LogP contribution in [0.2, 0.25) is 0 Å². The van der Waals surface area contributed by atoms with Crippen LogP contribution in [0.5, 0.6) is 0 Å². The van der Waals surface area contributed by atoms with Crippen LogP contribution in [0.1, 0.15) is 0 Å². The third kappa shape index (κ3) is 1.80. The topological polar surface area (TPSA) is 54.7 Å². The lowest BCUT2D eigenvalue weighted by Gasteiger charge is -1.99. The molecule has 1 heterocycles. The largest absolute Gasteiger partial charge is 0.399 e. The van der Waals surface area contributed by atoms with Gasteiger partial charge in [-0.2, -0.15) is 5.10 Å². The first-order valence-electron chi connectivity index (χ1n) is 5.23. The monoisotopic (exact) mass is 287 g/mol. The average Bonchev–Trinajstić information content (AvgIpc) is 2.73. The van der Waals surface area contributed by atoms with Gasteiger partial charge >= 0.3 is 0 Å². The summed E-state index contributed by atoms with van der Waals surface area (Å²) in [5.41, 5.74) is 9.55. The van der Waals surface area contributed by atoms with E-state index < -0.39 is 0 Å². The van der Waals surface area contributed by atoms with E-state index in [9.17, 15) is 0 Å². The highest BCUT2D eigenvalue weighted by atomic mass is 79.9. The number of hydrogen-bond acceptors (Lipinski definition) is 2. The van der Waals surface area contributed by atoms with E-state index >= 15 is 0 Å². The number of H-pyrrole nitrogens is 1. The number of aromatic nitrogens is 2. The van der Waals surface area contributed by atoms with Crippen LogP contribution in [0, 0.1) is 0 Å². The van der Waals surface area contributed by atoms with Crippen molar-refractivity contribution in [2.75, 3.05) is 5.73 Å². The van der Waals surface area contributed by atoms with Crippen LogP contribution < -0.4 is 5.73 Å². The quantitative estimate of drug-likeness (QED) is 0.672. The first kappa shape index (κ1) is 10.4. The van der Waals surface area contributed by atoms with E-state index in [2.05, 4.69) is 26.1 Å². The number of nitrogens with one attached hydrogen (secondary N) is 1. The van der Waals surface area contributed by atoms with E-state index in [1.165, 1.54) is 0 Å². The molecule has 0 aliphatic carbocycles. The van der Waals surface area contributed by atoms with Crippen LogP contribution >= 0.6 is 15.9 Å². The lowest BCUT2D eigenvalue weighted by Crippen LogP contribution is -1.83. The molecule has 3 nitrogen and oxygen atoms in total. The zero-order valence-corrected chi connectivity index (χ0v) is 10.5. The highest BCUT2D eigenvalue weighted by Crippen LogP contribution is 2.28. The molecule has 4 heteroatoms. The Bertz CT molecular complexity index is 671. The molecule has 1 aromatic heterocycles. The maximum absolute atomic E-state index is 5.80. The van der Waals surface area contributed by atoms with Crippen molar-refractivity contribution in [3.05, 3.63) is 46.9 Å². The molecule has 0 bridgehead atoms. The summed E-state index contributed by atoms with van der Waals surface area (Å²) >= 11 is 3.42. The fourth-order valence-electron chi connectivity index (χ4n) is 1.86. The molecular formula is C13H10BrN3. The Kier molecular flexibility index (Phi) is 2.37. The van der Waals surface area contributed by atoms with Gasteiger partial charge in [-0.25, -0.2) is 0 Å². The highest BCUT2D eigenvalue weighted by Gasteiger charge is 2.07. The summed E-state index contributed by atoms with van der Waals surface area (Å²) in [6.45, 7) is 0. The van der Waals surface area contributed by atoms with E-state index in [-0.39, 0.29) is 0 Å². The molecule has 0 amide bonds. The third-order valence-electron chi connectivity index (χ3n) is 2.70. The summed E-state index contributed by atoms with van der Waals surface area (Å²) in [7, 11) is 0. The minimum Gasteiger partial charge on any atom is -0.399 e. The van der Waals surface area contributed by atoms with Gasteiger partial charge in [0.1, 0.15) is 0 Å². The Morgan fingerprint density at radius 3 is 2.59 bits per heavy atom. The smallest absolute Gasteiger partial charge is 0.1000 e. The minimum atomic E-state index is 0.747. The Balaban J connectivity index is 2.23. The normalized spacial score (nSPS) is 10.9. The number of nitrogens with zero attached hydrogens (tertiary/aromatic N) is 1. The van der Waals surface area contributed by atoms with Gasteiger partial charge in [-0.1, -0.05) is 28.1 Å². The molecule has 3 N–H and O–H groups in total. The molecule has 2 aromatic carbocycles. The van der Waals surface area contributed by atoms with Gasteiger partial charge in [-0.3, -0.25) is 5.10 Å². The molecule has 84 valence electrons. The molecule has 0 saturated carbocycles. The Morgan fingerprint density at radius 1 is 1.06 bits per heavy atom. The van der Waals surface area contributed by atoms with Gasteiger partial charge in [0.25, 0.3) is 0 Å². The zero-order valence-electron chi connectivity index (χ0n) is 8.94. The lowest BCUT2D eigenvalue weighted by atomic mass is 10.1. The number of benzene rings is 2. The summed E-state index contributed by atoms with van der Waals surface area (Å²) in [6, 6.07) is 13.8. The standard InChI is InChI=1S/C13H10BrN3/c14-9-3-1-8(2-4-9)13-11-7-10(15)5-6-12(11)16-17-13/h1-7H,15H2,(H,16,17). The molecule has 0 aliphatic rings. The maximum atomic E-state index is 5.80. The molecular weight excluding hydrogens is 278 g/mol. The van der Waals surface area contributed by atoms with Crippen molar-refractivity contribution in [2.45, 2.75) is 0 Å². The first-order chi connectivity index (χ1) is 8.24. The van der Waals surface area contributed by atoms with Crippen LogP contribution in [-0.2, 0) is 0 Å². The molecule has 17 heavy (non-hydrogen) atoms. The van der Waals surface area contributed by atoms with E-state index in [0.717, 1.165) is 32.3 Å². The minimum absolute atomic E-state index is 0.747. The van der Waals surface area contributed by atoms with Crippen molar-refractivity contribution >= 4 is 32.5 Å². The molecule has 3 rings (SSSR count). The Hall–Kier alpha value is -1.81. The lowest BCUT2D eigenvalue weighted by molar-refractivity contribution is 1.12. The number of aromatic amines is 1. The van der Waals surface area contributed by atoms with Crippen molar-refractivity contribution in [1.29, 1.82) is 0 Å². The predicted molar refractivity (Wildman–Crippen MR) is 73.6 cm³/mol. The molecule has 0 aliphatic heterocycles. The fraction of sp³-hybridized carbons (Fsp3) is 0. The number of nitrogen functional groups attached to an aromatic ring is 1. The van der Waals surface area contributed by atoms with Gasteiger partial charge in [-0.15, -0.1) is 0 Å². The number of hydrogen-bond donors (Lipinski definition) is 2. The second-order valence-electron chi connectivity index (χ2n) is 3.88. The van der Waals surface area contributed by atoms with Crippen molar-refractivity contribution in [2.24, 2.45) is 0 Å². The number of fused-ring (bicyclic) bond motifs is 1. The molecule has 3 aromatic rings. The molecule has 0 radical (unpaired) electrons. The van der Waals surface area contributed by atoms with Crippen LogP contribution in [0.4, 0.5) is 5.69 Å². The summed E-state index contributed by atoms with van der Waals surface area (Å²) in [5, 5.41) is 8.40. The number of rotatable bonds is 1. The average molecular weight is 288 g/mol. The molecule has 0 spiro atoms. The number of halogens is 1. The van der Waals surface area contributed by atoms with Crippen molar-refractivity contribution in [1.82, 2.24) is 10.2 Å². The Morgan fingerprint density at radius 2 is 1.82 bits per heavy atom. The molecule has 0 atom stereocenters. The van der Waals surface area contributed by atoms with Crippen molar-refractivity contribution in [3.63, 3.8) is 0 Å². The van der Waals surface area contributed by atoms with Crippen LogP contribution in [0.3, 0.4) is 0 Å². The van der Waals surface area contributed by atoms with Gasteiger partial charge in [0, 0.05) is 21.1 Å². The van der Waals surface area contributed by atoms with Gasteiger partial charge in [-0.05, 0) is 30.3 Å². The van der Waals surface area contributed by atoms with Gasteiger partial charge < -0.3 is 5.73 Å². The summed E-state index contributed by atoms with van der Waals surface area (Å²) in [5.74, 6) is 0. The van der Waals surface area contributed by atoms with E-state index in [1.54, 1.807) is 0 Å². The maximum Gasteiger partial charge on any atom is 0.1000 e. The second-order valence-corrected chi connectivity index (χ2v) is 4.80. The van der Waals surface area contributed by atoms with Gasteiger partial charge in [0.15, 0.2) is 0 Å². The Labute approximate surface area is 107 Å². The zero-order chi connectivity index (χ0) is 11.8. The van der Waals surface area contributed by atoms with Crippen LogP contribution in [0.15, 0.2) is 46.9 Å². The van der Waals surface area contributed by atoms with Gasteiger partial charge in [0.2, 0.25) is 0 Å². The van der Waals surface area contributed by atoms with E-state index in [4.69, 9.17) is 5.73 Å². The van der Waals surface area contributed by atoms with Crippen molar-refractivity contribution in [3.8, 4) is 11.3 Å². The van der Waals surface area contributed by atoms with Gasteiger partial charge in [0.05, 0.1) is 11.2 Å². The summed E-state index contributed by atoms with van der Waals surface area (Å²) in [4.78, 5) is 0. The highest BCUT2D eigenvalue weighted by molar-refractivity contribution is 9.10. The second kappa shape index (κ2) is 3.89. The number of nitrogens with two attached hydrogens (primary N) is 1. The first-order valence-corrected chi connectivity index (χ1v) is 6.03. The molecule has 0 saturated heterocycles. The molecule has 0 fully saturated rings. The summed E-state index contributed by atoms with van der Waals surface area (Å²) in [6.07, 6.45) is 0. The van der Waals surface area contributed by atoms with E-state index in [0.29, 0.717) is 0 Å². The fourth-order valence-corrected chi connectivity index (χ4v) is 2.12. The van der Waals surface area contributed by atoms with Crippen LogP contribution in [-0.4, -0.2) is 10.2 Å².